The summed E-state index contributed by atoms with van der Waals surface area (Å²) in [5.41, 5.74) is 1.98. The molecule has 0 saturated carbocycles. The molecular formula is C22H24FN3O3. The van der Waals surface area contributed by atoms with Crippen molar-refractivity contribution in [3.8, 4) is 11.5 Å². The lowest BCUT2D eigenvalue weighted by molar-refractivity contribution is -0.00403. The van der Waals surface area contributed by atoms with Crippen molar-refractivity contribution in [2.45, 2.75) is 19.3 Å². The Hall–Kier alpha value is -2.80. The molecule has 3 aliphatic rings. The summed E-state index contributed by atoms with van der Waals surface area (Å²) in [6, 6.07) is 12.2. The van der Waals surface area contributed by atoms with Crippen LogP contribution >= 0.6 is 0 Å². The van der Waals surface area contributed by atoms with Gasteiger partial charge in [-0.1, -0.05) is 6.07 Å². The van der Waals surface area contributed by atoms with Gasteiger partial charge in [-0.15, -0.1) is 0 Å². The fraction of sp³-hybridized carbons (Fsp3) is 0.409. The van der Waals surface area contributed by atoms with Gasteiger partial charge in [0, 0.05) is 25.3 Å². The molecule has 0 spiro atoms. The molecule has 1 atom stereocenters. The molecular weight excluding hydrogens is 373 g/mol. The van der Waals surface area contributed by atoms with Crippen molar-refractivity contribution in [1.29, 1.82) is 0 Å². The number of rotatable bonds is 4. The number of halogens is 1. The van der Waals surface area contributed by atoms with Crippen molar-refractivity contribution in [3.63, 3.8) is 0 Å². The fourth-order valence-corrected chi connectivity index (χ4v) is 4.48. The normalized spacial score (nSPS) is 21.8. The van der Waals surface area contributed by atoms with Crippen LogP contribution in [-0.4, -0.2) is 49.0 Å². The number of carbonyl (C=O) groups excluding carboxylic acids is 1. The van der Waals surface area contributed by atoms with Crippen LogP contribution in [0, 0.1) is 11.7 Å². The molecule has 5 rings (SSSR count). The van der Waals surface area contributed by atoms with Crippen LogP contribution < -0.4 is 14.4 Å². The molecule has 3 aliphatic heterocycles. The number of hydrogen-bond acceptors (Lipinski definition) is 4. The Kier molecular flexibility index (Phi) is 4.75. The second-order valence-electron chi connectivity index (χ2n) is 7.85. The molecule has 0 radical (unpaired) electrons. The fourth-order valence-electron chi connectivity index (χ4n) is 4.48. The first-order valence-electron chi connectivity index (χ1n) is 10.2. The van der Waals surface area contributed by atoms with Crippen LogP contribution in [0.4, 0.5) is 14.9 Å². The van der Waals surface area contributed by atoms with Crippen LogP contribution in [0.15, 0.2) is 42.5 Å². The van der Waals surface area contributed by atoms with Gasteiger partial charge in [0.05, 0.1) is 6.54 Å². The molecule has 0 aliphatic carbocycles. The SMILES string of the molecule is O=C1N(c2ccc(F)cc2)CCN1N1CCC[C@H](Cc2ccc3c(c2)OCO3)C1. The standard InChI is InChI=1S/C22H24FN3O3/c23-18-4-6-19(7-5-18)25-10-11-26(22(25)27)24-9-1-2-17(14-24)12-16-3-8-20-21(13-16)29-15-28-20/h3-8,13,17H,1-2,9-12,14-15H2/t17-/m1/s1. The quantitative estimate of drug-likeness (QED) is 0.790. The predicted octanol–water partition coefficient (Wildman–Crippen LogP) is 3.67. The summed E-state index contributed by atoms with van der Waals surface area (Å²) in [6.07, 6.45) is 3.17. The summed E-state index contributed by atoms with van der Waals surface area (Å²) in [5, 5.41) is 4.04. The van der Waals surface area contributed by atoms with Gasteiger partial charge < -0.3 is 9.47 Å². The lowest BCUT2D eigenvalue weighted by atomic mass is 9.92. The molecule has 2 fully saturated rings. The van der Waals surface area contributed by atoms with E-state index in [1.807, 2.05) is 11.1 Å². The van der Waals surface area contributed by atoms with Crippen molar-refractivity contribution in [1.82, 2.24) is 10.0 Å². The first kappa shape index (κ1) is 18.2. The monoisotopic (exact) mass is 397 g/mol. The van der Waals surface area contributed by atoms with E-state index in [9.17, 15) is 9.18 Å². The Balaban J connectivity index is 1.24. The minimum absolute atomic E-state index is 0.0275. The summed E-state index contributed by atoms with van der Waals surface area (Å²) in [5.74, 6) is 1.82. The molecule has 2 saturated heterocycles. The highest BCUT2D eigenvalue weighted by Crippen LogP contribution is 2.34. The summed E-state index contributed by atoms with van der Waals surface area (Å²) >= 11 is 0. The number of ether oxygens (including phenoxy) is 2. The number of carbonyl (C=O) groups is 1. The third-order valence-corrected chi connectivity index (χ3v) is 5.93. The molecule has 6 nitrogen and oxygen atoms in total. The zero-order valence-electron chi connectivity index (χ0n) is 16.2. The highest BCUT2D eigenvalue weighted by molar-refractivity contribution is 5.93. The summed E-state index contributed by atoms with van der Waals surface area (Å²) in [6.45, 7) is 3.32. The number of anilines is 1. The van der Waals surface area contributed by atoms with Gasteiger partial charge >= 0.3 is 6.03 Å². The summed E-state index contributed by atoms with van der Waals surface area (Å²) in [7, 11) is 0. The van der Waals surface area contributed by atoms with Crippen LogP contribution in [0.3, 0.4) is 0 Å². The largest absolute Gasteiger partial charge is 0.454 e. The smallest absolute Gasteiger partial charge is 0.339 e. The van der Waals surface area contributed by atoms with Crippen LogP contribution in [-0.2, 0) is 6.42 Å². The lowest BCUT2D eigenvalue weighted by Crippen LogP contribution is -2.50. The first-order valence-corrected chi connectivity index (χ1v) is 10.2. The van der Waals surface area contributed by atoms with Crippen molar-refractivity contribution < 1.29 is 18.7 Å². The molecule has 0 aromatic heterocycles. The minimum atomic E-state index is -0.292. The van der Waals surface area contributed by atoms with E-state index in [2.05, 4.69) is 17.1 Å². The van der Waals surface area contributed by atoms with Crippen LogP contribution in [0.1, 0.15) is 18.4 Å². The molecule has 29 heavy (non-hydrogen) atoms. The molecule has 0 unspecified atom stereocenters. The van der Waals surface area contributed by atoms with Gasteiger partial charge in [0.15, 0.2) is 11.5 Å². The van der Waals surface area contributed by atoms with Gasteiger partial charge in [-0.05, 0) is 67.1 Å². The second-order valence-corrected chi connectivity index (χ2v) is 7.85. The number of fused-ring (bicyclic) bond motifs is 1. The van der Waals surface area contributed by atoms with Gasteiger partial charge in [0.25, 0.3) is 0 Å². The third kappa shape index (κ3) is 3.62. The van der Waals surface area contributed by atoms with Gasteiger partial charge in [-0.25, -0.2) is 14.2 Å². The third-order valence-electron chi connectivity index (χ3n) is 5.93. The van der Waals surface area contributed by atoms with E-state index in [4.69, 9.17) is 9.47 Å². The zero-order valence-corrected chi connectivity index (χ0v) is 16.2. The van der Waals surface area contributed by atoms with Crippen LogP contribution in [0.5, 0.6) is 11.5 Å². The number of hydrogen-bond donors (Lipinski definition) is 0. The number of amides is 2. The number of piperidine rings is 1. The maximum absolute atomic E-state index is 13.2. The number of benzene rings is 2. The van der Waals surface area contributed by atoms with E-state index in [1.54, 1.807) is 17.0 Å². The van der Waals surface area contributed by atoms with E-state index in [0.29, 0.717) is 19.0 Å². The summed E-state index contributed by atoms with van der Waals surface area (Å²) in [4.78, 5) is 14.7. The van der Waals surface area contributed by atoms with E-state index in [1.165, 1.54) is 17.7 Å². The van der Waals surface area contributed by atoms with Gasteiger partial charge in [0.1, 0.15) is 5.82 Å². The number of nitrogens with zero attached hydrogens (tertiary/aromatic N) is 3. The molecule has 0 N–H and O–H groups in total. The average Bonchev–Trinajstić information content (AvgIpc) is 3.35. The Bertz CT molecular complexity index is 905. The van der Waals surface area contributed by atoms with Gasteiger partial charge in [0.2, 0.25) is 6.79 Å². The maximum Gasteiger partial charge on any atom is 0.339 e. The minimum Gasteiger partial charge on any atom is -0.454 e. The zero-order chi connectivity index (χ0) is 19.8. The lowest BCUT2D eigenvalue weighted by Gasteiger charge is -2.38. The highest BCUT2D eigenvalue weighted by Gasteiger charge is 2.35. The predicted molar refractivity (Wildman–Crippen MR) is 106 cm³/mol. The average molecular weight is 397 g/mol. The Morgan fingerprint density at radius 3 is 2.69 bits per heavy atom. The van der Waals surface area contributed by atoms with Crippen molar-refractivity contribution in [2.75, 3.05) is 37.9 Å². The molecule has 152 valence electrons. The Morgan fingerprint density at radius 2 is 1.83 bits per heavy atom. The highest BCUT2D eigenvalue weighted by atomic mass is 19.1. The Labute approximate surface area is 169 Å². The van der Waals surface area contributed by atoms with E-state index >= 15 is 0 Å². The number of hydrazine groups is 1. The van der Waals surface area contributed by atoms with Crippen molar-refractivity contribution in [2.24, 2.45) is 5.92 Å². The topological polar surface area (TPSA) is 45.3 Å². The second kappa shape index (κ2) is 7.55. The molecule has 7 heteroatoms. The van der Waals surface area contributed by atoms with E-state index in [-0.39, 0.29) is 18.6 Å². The summed E-state index contributed by atoms with van der Waals surface area (Å²) < 4.78 is 24.1. The van der Waals surface area contributed by atoms with Crippen LogP contribution in [0.25, 0.3) is 0 Å². The molecule has 3 heterocycles. The molecule has 2 aromatic rings. The molecule has 0 bridgehead atoms. The van der Waals surface area contributed by atoms with Crippen molar-refractivity contribution >= 4 is 11.7 Å². The Morgan fingerprint density at radius 1 is 1.00 bits per heavy atom. The van der Waals surface area contributed by atoms with Crippen LogP contribution in [0.2, 0.25) is 0 Å². The van der Waals surface area contributed by atoms with E-state index in [0.717, 1.165) is 49.5 Å². The molecule has 2 aromatic carbocycles. The van der Waals surface area contributed by atoms with Gasteiger partial charge in [-0.2, -0.15) is 0 Å². The molecule has 2 amide bonds. The van der Waals surface area contributed by atoms with Crippen molar-refractivity contribution in [3.05, 3.63) is 53.8 Å². The first-order chi connectivity index (χ1) is 14.2. The maximum atomic E-state index is 13.2. The van der Waals surface area contributed by atoms with Gasteiger partial charge in [-0.3, -0.25) is 9.91 Å². The van der Waals surface area contributed by atoms with E-state index < -0.39 is 0 Å². The number of urea groups is 1.